The monoisotopic (exact) mass is 412 g/mol. The van der Waals surface area contributed by atoms with Crippen molar-refractivity contribution in [1.82, 2.24) is 0 Å². The summed E-state index contributed by atoms with van der Waals surface area (Å²) in [6, 6.07) is 14.6. The van der Waals surface area contributed by atoms with Gasteiger partial charge >= 0.3 is 0 Å². The molecule has 0 fully saturated rings. The van der Waals surface area contributed by atoms with Crippen molar-refractivity contribution in [1.29, 1.82) is 0 Å². The third-order valence-corrected chi connectivity index (χ3v) is 3.71. The summed E-state index contributed by atoms with van der Waals surface area (Å²) >= 11 is 0. The van der Waals surface area contributed by atoms with E-state index in [2.05, 4.69) is 21.3 Å². The van der Waals surface area contributed by atoms with E-state index in [0.717, 1.165) is 11.4 Å². The molecule has 2 rings (SSSR count). The van der Waals surface area contributed by atoms with E-state index in [1.54, 1.807) is 31.3 Å². The van der Waals surface area contributed by atoms with Crippen LogP contribution in [-0.4, -0.2) is 37.5 Å². The maximum absolute atomic E-state index is 11.3. The minimum atomic E-state index is -0.282. The molecule has 30 heavy (non-hydrogen) atoms. The van der Waals surface area contributed by atoms with Gasteiger partial charge in [0.2, 0.25) is 11.8 Å². The van der Waals surface area contributed by atoms with Gasteiger partial charge in [0.15, 0.2) is 0 Å². The molecule has 0 atom stereocenters. The zero-order valence-corrected chi connectivity index (χ0v) is 17.7. The van der Waals surface area contributed by atoms with E-state index >= 15 is 0 Å². The van der Waals surface area contributed by atoms with Crippen molar-refractivity contribution in [2.75, 3.05) is 35.4 Å². The van der Waals surface area contributed by atoms with Gasteiger partial charge in [0.1, 0.15) is 11.6 Å². The van der Waals surface area contributed by atoms with Gasteiger partial charge in [-0.3, -0.25) is 19.2 Å². The molecule has 0 aliphatic rings. The fourth-order valence-electron chi connectivity index (χ4n) is 2.34. The number of rotatable bonds is 8. The lowest BCUT2D eigenvalue weighted by Gasteiger charge is -2.05. The Hall–Kier alpha value is -3.68. The molecule has 0 unspecified atom stereocenters. The van der Waals surface area contributed by atoms with E-state index in [0.29, 0.717) is 11.4 Å². The van der Waals surface area contributed by atoms with E-state index in [4.69, 9.17) is 0 Å². The van der Waals surface area contributed by atoms with Crippen LogP contribution in [0.4, 0.5) is 22.7 Å². The number of amides is 2. The number of carbonyl (C=O) groups is 4. The first kappa shape index (κ1) is 24.4. The standard InChI is InChI=1S/2C11H14N2O2/c1-8(14)7-11(15)13-10-5-3-9(12-2)4-6-10;1-8(14)6-11(15)13-10-5-3-4-9(7-10)12-2/h3-6,12H,7H2,1-2H3,(H,13,15);3-5,7,12H,6H2,1-2H3,(H,13,15). The van der Waals surface area contributed by atoms with Gasteiger partial charge in [-0.1, -0.05) is 6.07 Å². The normalized spacial score (nSPS) is 9.47. The van der Waals surface area contributed by atoms with Crippen LogP contribution in [0.1, 0.15) is 26.7 Å². The number of benzene rings is 2. The molecule has 2 amide bonds. The molecule has 0 aliphatic heterocycles. The average molecular weight is 412 g/mol. The molecule has 0 bridgehead atoms. The van der Waals surface area contributed by atoms with E-state index in [1.165, 1.54) is 13.8 Å². The number of nitrogens with one attached hydrogen (secondary N) is 4. The van der Waals surface area contributed by atoms with Crippen molar-refractivity contribution in [3.8, 4) is 0 Å². The zero-order valence-electron chi connectivity index (χ0n) is 17.7. The van der Waals surface area contributed by atoms with E-state index in [-0.39, 0.29) is 36.2 Å². The van der Waals surface area contributed by atoms with Gasteiger partial charge in [0, 0.05) is 36.8 Å². The maximum Gasteiger partial charge on any atom is 0.231 e. The third-order valence-electron chi connectivity index (χ3n) is 3.71. The van der Waals surface area contributed by atoms with Gasteiger partial charge in [0.25, 0.3) is 0 Å². The van der Waals surface area contributed by atoms with Crippen LogP contribution in [0, 0.1) is 0 Å². The fraction of sp³-hybridized carbons (Fsp3) is 0.273. The number of anilines is 4. The molecule has 0 heterocycles. The predicted octanol–water partition coefficient (Wildman–Crippen LogP) is 3.29. The molecule has 160 valence electrons. The molecule has 2 aromatic rings. The highest BCUT2D eigenvalue weighted by Gasteiger charge is 2.06. The molecule has 2 aromatic carbocycles. The van der Waals surface area contributed by atoms with Crippen LogP contribution in [0.5, 0.6) is 0 Å². The van der Waals surface area contributed by atoms with Crippen LogP contribution in [-0.2, 0) is 19.2 Å². The summed E-state index contributed by atoms with van der Waals surface area (Å²) in [5.41, 5.74) is 3.27. The largest absolute Gasteiger partial charge is 0.388 e. The van der Waals surface area contributed by atoms with Crippen LogP contribution >= 0.6 is 0 Å². The van der Waals surface area contributed by atoms with E-state index in [1.807, 2.05) is 31.3 Å². The van der Waals surface area contributed by atoms with Crippen molar-refractivity contribution < 1.29 is 19.2 Å². The van der Waals surface area contributed by atoms with Crippen molar-refractivity contribution in [3.05, 3.63) is 48.5 Å². The highest BCUT2D eigenvalue weighted by Crippen LogP contribution is 2.14. The van der Waals surface area contributed by atoms with Crippen LogP contribution < -0.4 is 21.3 Å². The summed E-state index contributed by atoms with van der Waals surface area (Å²) in [6.45, 7) is 2.79. The van der Waals surface area contributed by atoms with Crippen molar-refractivity contribution in [2.45, 2.75) is 26.7 Å². The van der Waals surface area contributed by atoms with Crippen LogP contribution in [0.3, 0.4) is 0 Å². The van der Waals surface area contributed by atoms with Gasteiger partial charge in [-0.05, 0) is 56.3 Å². The molecule has 0 saturated carbocycles. The number of carbonyl (C=O) groups excluding carboxylic acids is 4. The minimum Gasteiger partial charge on any atom is -0.388 e. The first-order valence-electron chi connectivity index (χ1n) is 9.37. The molecule has 0 radical (unpaired) electrons. The van der Waals surface area contributed by atoms with Crippen LogP contribution in [0.15, 0.2) is 48.5 Å². The molecule has 0 aromatic heterocycles. The van der Waals surface area contributed by atoms with Crippen molar-refractivity contribution >= 4 is 46.1 Å². The molecule has 8 heteroatoms. The first-order chi connectivity index (χ1) is 14.2. The molecule has 0 aliphatic carbocycles. The quantitative estimate of drug-likeness (QED) is 0.495. The third kappa shape index (κ3) is 10.0. The maximum atomic E-state index is 11.3. The Balaban J connectivity index is 0.000000300. The summed E-state index contributed by atoms with van der Waals surface area (Å²) in [4.78, 5) is 43.9. The smallest absolute Gasteiger partial charge is 0.231 e. The Morgan fingerprint density at radius 1 is 0.633 bits per heavy atom. The van der Waals surface area contributed by atoms with Gasteiger partial charge in [0.05, 0.1) is 12.8 Å². The lowest BCUT2D eigenvalue weighted by molar-refractivity contribution is -0.125. The van der Waals surface area contributed by atoms with E-state index < -0.39 is 0 Å². The highest BCUT2D eigenvalue weighted by molar-refractivity contribution is 6.04. The summed E-state index contributed by atoms with van der Waals surface area (Å²) in [7, 11) is 3.62. The van der Waals surface area contributed by atoms with Crippen molar-refractivity contribution in [3.63, 3.8) is 0 Å². The second kappa shape index (κ2) is 12.7. The molecule has 0 spiro atoms. The van der Waals surface area contributed by atoms with Gasteiger partial charge in [-0.15, -0.1) is 0 Å². The topological polar surface area (TPSA) is 116 Å². The lowest BCUT2D eigenvalue weighted by Crippen LogP contribution is -2.14. The zero-order chi connectivity index (χ0) is 22.5. The Labute approximate surface area is 176 Å². The van der Waals surface area contributed by atoms with E-state index in [9.17, 15) is 19.2 Å². The lowest BCUT2D eigenvalue weighted by atomic mass is 10.2. The Morgan fingerprint density at radius 2 is 1.07 bits per heavy atom. The number of ketones is 2. The highest BCUT2D eigenvalue weighted by atomic mass is 16.2. The van der Waals surface area contributed by atoms with Gasteiger partial charge in [-0.2, -0.15) is 0 Å². The summed E-state index contributed by atoms with van der Waals surface area (Å²) in [6.07, 6.45) is -0.155. The second-order valence-corrected chi connectivity index (χ2v) is 6.51. The summed E-state index contributed by atoms with van der Waals surface area (Å²) in [5.74, 6) is -0.841. The van der Waals surface area contributed by atoms with Crippen LogP contribution in [0.2, 0.25) is 0 Å². The summed E-state index contributed by atoms with van der Waals surface area (Å²) < 4.78 is 0. The SMILES string of the molecule is CNc1ccc(NC(=O)CC(C)=O)cc1.CNc1cccc(NC(=O)CC(C)=O)c1. The number of hydrogen-bond acceptors (Lipinski definition) is 6. The Kier molecular flexibility index (Phi) is 10.3. The molecule has 8 nitrogen and oxygen atoms in total. The first-order valence-corrected chi connectivity index (χ1v) is 9.37. The molecule has 4 N–H and O–H groups in total. The van der Waals surface area contributed by atoms with Gasteiger partial charge in [-0.25, -0.2) is 0 Å². The summed E-state index contributed by atoms with van der Waals surface area (Å²) in [5, 5.41) is 11.2. The number of hydrogen-bond donors (Lipinski definition) is 4. The van der Waals surface area contributed by atoms with Gasteiger partial charge < -0.3 is 21.3 Å². The predicted molar refractivity (Wildman–Crippen MR) is 120 cm³/mol. The molecule has 0 saturated heterocycles. The fourth-order valence-corrected chi connectivity index (χ4v) is 2.34. The molecular weight excluding hydrogens is 384 g/mol. The average Bonchev–Trinajstić information content (AvgIpc) is 2.68. The Bertz CT molecular complexity index is 879. The second-order valence-electron chi connectivity index (χ2n) is 6.51. The Morgan fingerprint density at radius 3 is 1.53 bits per heavy atom. The van der Waals surface area contributed by atoms with Crippen molar-refractivity contribution in [2.24, 2.45) is 0 Å². The molecular formula is C22H28N4O4. The van der Waals surface area contributed by atoms with Crippen LogP contribution in [0.25, 0.3) is 0 Å². The minimum absolute atomic E-state index is 0.0756. The number of Topliss-reactive ketones (excluding diaryl/α,β-unsaturated/α-hetero) is 2.